The first-order valence-electron chi connectivity index (χ1n) is 9.93. The van der Waals surface area contributed by atoms with Crippen LogP contribution < -0.4 is 0 Å². The van der Waals surface area contributed by atoms with E-state index in [0.29, 0.717) is 17.8 Å². The molecule has 0 amide bonds. The lowest BCUT2D eigenvalue weighted by molar-refractivity contribution is -0.206. The van der Waals surface area contributed by atoms with Gasteiger partial charge in [-0.2, -0.15) is 0 Å². The highest BCUT2D eigenvalue weighted by atomic mass is 16.4. The van der Waals surface area contributed by atoms with E-state index in [2.05, 4.69) is 19.0 Å². The topological polar surface area (TPSA) is 73.1 Å². The number of fused-ring (bicyclic) bond motifs is 5. The molecule has 136 valence electrons. The Bertz CT molecular complexity index is 537. The minimum Gasteiger partial charge on any atom is -0.411 e. The third-order valence-corrected chi connectivity index (χ3v) is 9.14. The van der Waals surface area contributed by atoms with Crippen LogP contribution in [0.5, 0.6) is 0 Å². The lowest BCUT2D eigenvalue weighted by Gasteiger charge is -2.63. The van der Waals surface area contributed by atoms with Crippen molar-refractivity contribution in [1.82, 2.24) is 0 Å². The molecule has 0 saturated heterocycles. The lowest BCUT2D eigenvalue weighted by Crippen LogP contribution is -2.62. The number of nitrogens with zero attached hydrogens (tertiary/aromatic N) is 1. The van der Waals surface area contributed by atoms with Crippen molar-refractivity contribution in [3.63, 3.8) is 0 Å². The van der Waals surface area contributed by atoms with Crippen LogP contribution in [0.3, 0.4) is 0 Å². The Morgan fingerprint density at radius 1 is 0.958 bits per heavy atom. The van der Waals surface area contributed by atoms with Crippen molar-refractivity contribution in [2.24, 2.45) is 39.7 Å². The SMILES string of the molecule is C[C@]12CC[C@H](O)C[C@H]1CC[C@@H]1[C@@H]2CC[C@]2(C)[C@@H](C=NO)CC[C@]12O. The number of hydrogen-bond acceptors (Lipinski definition) is 4. The van der Waals surface area contributed by atoms with E-state index < -0.39 is 5.60 Å². The van der Waals surface area contributed by atoms with E-state index in [4.69, 9.17) is 5.21 Å². The molecule has 0 unspecified atom stereocenters. The highest BCUT2D eigenvalue weighted by Crippen LogP contribution is 2.68. The van der Waals surface area contributed by atoms with E-state index in [0.717, 1.165) is 51.4 Å². The standard InChI is InChI=1S/C20H33NO3/c1-18-8-6-15(22)11-13(18)3-4-17-16(18)7-9-19(2)14(12-21-24)5-10-20(17,19)23/h12-17,22-24H,3-11H2,1-2H3/t13-,14-,15+,16+,17-,18+,19-,20+/m1/s1. The molecule has 3 N–H and O–H groups in total. The van der Waals surface area contributed by atoms with E-state index in [1.165, 1.54) is 6.42 Å². The fourth-order valence-electron chi connectivity index (χ4n) is 7.56. The minimum atomic E-state index is -0.619. The highest BCUT2D eigenvalue weighted by Gasteiger charge is 2.66. The molecule has 0 aromatic rings. The first-order valence-corrected chi connectivity index (χ1v) is 9.93. The quantitative estimate of drug-likeness (QED) is 0.389. The highest BCUT2D eigenvalue weighted by molar-refractivity contribution is 5.62. The van der Waals surface area contributed by atoms with Crippen molar-refractivity contribution < 1.29 is 15.4 Å². The first-order chi connectivity index (χ1) is 11.3. The van der Waals surface area contributed by atoms with Crippen LogP contribution in [-0.2, 0) is 0 Å². The molecular formula is C20H33NO3. The van der Waals surface area contributed by atoms with Crippen molar-refractivity contribution in [2.45, 2.75) is 83.3 Å². The van der Waals surface area contributed by atoms with Crippen molar-refractivity contribution in [2.75, 3.05) is 0 Å². The van der Waals surface area contributed by atoms with E-state index in [-0.39, 0.29) is 22.9 Å². The van der Waals surface area contributed by atoms with Crippen molar-refractivity contribution in [1.29, 1.82) is 0 Å². The molecule has 0 spiro atoms. The summed E-state index contributed by atoms with van der Waals surface area (Å²) in [7, 11) is 0. The molecule has 0 heterocycles. The van der Waals surface area contributed by atoms with Gasteiger partial charge in [0.2, 0.25) is 0 Å². The smallest absolute Gasteiger partial charge is 0.0738 e. The maximum Gasteiger partial charge on any atom is 0.0738 e. The van der Waals surface area contributed by atoms with Gasteiger partial charge in [0.15, 0.2) is 0 Å². The molecule has 0 aliphatic heterocycles. The van der Waals surface area contributed by atoms with Crippen LogP contribution in [0.4, 0.5) is 0 Å². The van der Waals surface area contributed by atoms with Gasteiger partial charge in [0.05, 0.1) is 11.7 Å². The predicted molar refractivity (Wildman–Crippen MR) is 93.0 cm³/mol. The zero-order chi connectivity index (χ0) is 17.2. The van der Waals surface area contributed by atoms with Gasteiger partial charge in [-0.25, -0.2) is 0 Å². The number of aliphatic hydroxyl groups is 2. The summed E-state index contributed by atoms with van der Waals surface area (Å²) in [6.45, 7) is 4.66. The normalized spacial score (nSPS) is 57.4. The largest absolute Gasteiger partial charge is 0.411 e. The zero-order valence-electron chi connectivity index (χ0n) is 15.1. The van der Waals surface area contributed by atoms with Gasteiger partial charge in [0, 0.05) is 17.5 Å². The van der Waals surface area contributed by atoms with Crippen LogP contribution in [0.2, 0.25) is 0 Å². The summed E-state index contributed by atoms with van der Waals surface area (Å²) in [5, 5.41) is 34.3. The number of rotatable bonds is 1. The van der Waals surface area contributed by atoms with Crippen LogP contribution >= 0.6 is 0 Å². The van der Waals surface area contributed by atoms with Gasteiger partial charge >= 0.3 is 0 Å². The first kappa shape index (κ1) is 16.8. The molecule has 0 radical (unpaired) electrons. The Balaban J connectivity index is 1.66. The molecule has 4 nitrogen and oxygen atoms in total. The van der Waals surface area contributed by atoms with Crippen LogP contribution in [0.25, 0.3) is 0 Å². The predicted octanol–water partition coefficient (Wildman–Crippen LogP) is 3.58. The van der Waals surface area contributed by atoms with Gasteiger partial charge in [-0.05, 0) is 81.0 Å². The van der Waals surface area contributed by atoms with Gasteiger partial charge in [-0.3, -0.25) is 0 Å². The summed E-state index contributed by atoms with van der Waals surface area (Å²) in [5.41, 5.74) is -0.494. The van der Waals surface area contributed by atoms with Crippen molar-refractivity contribution in [3.05, 3.63) is 0 Å². The van der Waals surface area contributed by atoms with E-state index in [1.807, 2.05) is 0 Å². The number of hydrogen-bond donors (Lipinski definition) is 3. The average molecular weight is 335 g/mol. The fourth-order valence-corrected chi connectivity index (χ4v) is 7.56. The molecule has 0 aromatic heterocycles. The zero-order valence-corrected chi connectivity index (χ0v) is 15.1. The molecule has 4 aliphatic carbocycles. The third kappa shape index (κ3) is 2.02. The van der Waals surface area contributed by atoms with Crippen molar-refractivity contribution in [3.8, 4) is 0 Å². The van der Waals surface area contributed by atoms with Crippen LogP contribution in [0, 0.1) is 34.5 Å². The fraction of sp³-hybridized carbons (Fsp3) is 0.950. The summed E-state index contributed by atoms with van der Waals surface area (Å²) >= 11 is 0. The number of oxime groups is 1. The van der Waals surface area contributed by atoms with Crippen LogP contribution in [0.1, 0.15) is 71.6 Å². The van der Waals surface area contributed by atoms with E-state index in [9.17, 15) is 10.2 Å². The molecule has 0 bridgehead atoms. The molecule has 24 heavy (non-hydrogen) atoms. The summed E-state index contributed by atoms with van der Waals surface area (Å²) in [6, 6.07) is 0. The minimum absolute atomic E-state index is 0.117. The van der Waals surface area contributed by atoms with Crippen LogP contribution in [-0.4, -0.2) is 33.3 Å². The van der Waals surface area contributed by atoms with E-state index in [1.54, 1.807) is 6.21 Å². The summed E-state index contributed by atoms with van der Waals surface area (Å²) < 4.78 is 0. The second-order valence-electron chi connectivity index (χ2n) is 9.71. The molecule has 4 saturated carbocycles. The number of aliphatic hydroxyl groups excluding tert-OH is 1. The molecule has 4 rings (SSSR count). The summed E-state index contributed by atoms with van der Waals surface area (Å²) in [6.07, 6.45) is 10.7. The van der Waals surface area contributed by atoms with E-state index >= 15 is 0 Å². The van der Waals surface area contributed by atoms with Crippen LogP contribution in [0.15, 0.2) is 5.16 Å². The molecule has 4 aliphatic rings. The molecule has 4 fully saturated rings. The Morgan fingerprint density at radius 3 is 2.50 bits per heavy atom. The molecule has 4 heteroatoms. The maximum absolute atomic E-state index is 11.8. The van der Waals surface area contributed by atoms with Gasteiger partial charge in [-0.1, -0.05) is 13.8 Å². The van der Waals surface area contributed by atoms with Gasteiger partial charge in [0.25, 0.3) is 0 Å². The van der Waals surface area contributed by atoms with Gasteiger partial charge in [0.1, 0.15) is 0 Å². The monoisotopic (exact) mass is 335 g/mol. The lowest BCUT2D eigenvalue weighted by atomic mass is 9.43. The third-order valence-electron chi connectivity index (χ3n) is 9.14. The Morgan fingerprint density at radius 2 is 1.75 bits per heavy atom. The molecule has 8 atom stereocenters. The summed E-state index contributed by atoms with van der Waals surface area (Å²) in [4.78, 5) is 0. The molecular weight excluding hydrogens is 302 g/mol. The second kappa shape index (κ2) is 5.44. The van der Waals surface area contributed by atoms with Crippen molar-refractivity contribution >= 4 is 6.21 Å². The van der Waals surface area contributed by atoms with Gasteiger partial charge in [-0.15, -0.1) is 5.16 Å². The second-order valence-corrected chi connectivity index (χ2v) is 9.71. The summed E-state index contributed by atoms with van der Waals surface area (Å²) in [5.74, 6) is 1.75. The Labute approximate surface area is 145 Å². The van der Waals surface area contributed by atoms with Gasteiger partial charge < -0.3 is 15.4 Å². The Kier molecular flexibility index (Phi) is 3.82. The molecule has 0 aromatic carbocycles. The maximum atomic E-state index is 11.8. The average Bonchev–Trinajstić information content (AvgIpc) is 2.81. The Hall–Kier alpha value is -0.610.